The lowest BCUT2D eigenvalue weighted by Gasteiger charge is -2.19. The van der Waals surface area contributed by atoms with E-state index < -0.39 is 12.1 Å². The van der Waals surface area contributed by atoms with Gasteiger partial charge in [0.25, 0.3) is 0 Å². The number of carbonyl (C=O) groups is 3. The molecule has 7 nitrogen and oxygen atoms in total. The SMILES string of the molecule is C[C@@H](OC(=O)C1=NN(C)C(=O)CC1)C(=O)c1c[nH]c2ccccc12. The Morgan fingerprint density at radius 1 is 1.29 bits per heavy atom. The molecule has 1 aromatic carbocycles. The maximum atomic E-state index is 12.6. The fourth-order valence-electron chi connectivity index (χ4n) is 2.59. The van der Waals surface area contributed by atoms with Crippen LogP contribution in [-0.4, -0.2) is 46.5 Å². The highest BCUT2D eigenvalue weighted by Gasteiger charge is 2.27. The number of aromatic amines is 1. The molecule has 124 valence electrons. The molecule has 3 rings (SSSR count). The summed E-state index contributed by atoms with van der Waals surface area (Å²) in [4.78, 5) is 39.1. The lowest BCUT2D eigenvalue weighted by atomic mass is 10.1. The second-order valence-corrected chi connectivity index (χ2v) is 5.62. The number of Topliss-reactive ketones (excluding diaryl/α,β-unsaturated/α-hetero) is 1. The molecule has 1 aliphatic heterocycles. The Hall–Kier alpha value is -2.96. The first-order chi connectivity index (χ1) is 11.5. The number of aromatic nitrogens is 1. The number of hydrogen-bond donors (Lipinski definition) is 1. The van der Waals surface area contributed by atoms with Crippen LogP contribution in [0.2, 0.25) is 0 Å². The van der Waals surface area contributed by atoms with Crippen molar-refractivity contribution >= 4 is 34.3 Å². The predicted octanol–water partition coefficient (Wildman–Crippen LogP) is 1.89. The zero-order chi connectivity index (χ0) is 17.3. The topological polar surface area (TPSA) is 91.8 Å². The molecular formula is C17H17N3O4. The van der Waals surface area contributed by atoms with Crippen LogP contribution in [0.1, 0.15) is 30.1 Å². The van der Waals surface area contributed by atoms with Crippen molar-refractivity contribution in [3.63, 3.8) is 0 Å². The van der Waals surface area contributed by atoms with Crippen molar-refractivity contribution in [1.29, 1.82) is 0 Å². The monoisotopic (exact) mass is 327 g/mol. The van der Waals surface area contributed by atoms with E-state index >= 15 is 0 Å². The van der Waals surface area contributed by atoms with Gasteiger partial charge in [-0.15, -0.1) is 0 Å². The zero-order valence-electron chi connectivity index (χ0n) is 13.4. The average Bonchev–Trinajstić information content (AvgIpc) is 3.00. The molecule has 24 heavy (non-hydrogen) atoms. The minimum atomic E-state index is -0.942. The van der Waals surface area contributed by atoms with E-state index in [1.165, 1.54) is 14.0 Å². The van der Waals surface area contributed by atoms with Crippen molar-refractivity contribution in [2.75, 3.05) is 7.05 Å². The lowest BCUT2D eigenvalue weighted by molar-refractivity contribution is -0.138. The van der Waals surface area contributed by atoms with Crippen LogP contribution in [0.3, 0.4) is 0 Å². The van der Waals surface area contributed by atoms with Crippen molar-refractivity contribution in [2.45, 2.75) is 25.9 Å². The molecule has 0 aliphatic carbocycles. The Morgan fingerprint density at radius 3 is 2.79 bits per heavy atom. The summed E-state index contributed by atoms with van der Waals surface area (Å²) in [7, 11) is 1.48. The van der Waals surface area contributed by atoms with Crippen LogP contribution in [-0.2, 0) is 14.3 Å². The zero-order valence-corrected chi connectivity index (χ0v) is 13.4. The third-order valence-electron chi connectivity index (χ3n) is 3.95. The van der Waals surface area contributed by atoms with Gasteiger partial charge in [0.15, 0.2) is 6.10 Å². The molecule has 0 spiro atoms. The summed E-state index contributed by atoms with van der Waals surface area (Å²) >= 11 is 0. The van der Waals surface area contributed by atoms with Crippen LogP contribution >= 0.6 is 0 Å². The summed E-state index contributed by atoms with van der Waals surface area (Å²) in [6.07, 6.45) is 1.09. The van der Waals surface area contributed by atoms with Gasteiger partial charge in [-0.3, -0.25) is 9.59 Å². The van der Waals surface area contributed by atoms with Gasteiger partial charge in [0, 0.05) is 42.6 Å². The van der Waals surface area contributed by atoms with E-state index in [4.69, 9.17) is 4.74 Å². The fraction of sp³-hybridized carbons (Fsp3) is 0.294. The van der Waals surface area contributed by atoms with E-state index in [0.717, 1.165) is 15.9 Å². The van der Waals surface area contributed by atoms with Gasteiger partial charge in [-0.25, -0.2) is 9.80 Å². The van der Waals surface area contributed by atoms with Crippen molar-refractivity contribution in [3.05, 3.63) is 36.0 Å². The second kappa shape index (κ2) is 6.27. The van der Waals surface area contributed by atoms with Crippen molar-refractivity contribution in [3.8, 4) is 0 Å². The van der Waals surface area contributed by atoms with E-state index in [2.05, 4.69) is 10.1 Å². The highest BCUT2D eigenvalue weighted by atomic mass is 16.5. The van der Waals surface area contributed by atoms with Crippen LogP contribution in [0.4, 0.5) is 0 Å². The highest BCUT2D eigenvalue weighted by molar-refractivity contribution is 6.37. The maximum absolute atomic E-state index is 12.6. The number of para-hydroxylation sites is 1. The molecule has 0 bridgehead atoms. The van der Waals surface area contributed by atoms with Crippen LogP contribution in [0, 0.1) is 0 Å². The van der Waals surface area contributed by atoms with E-state index in [1.54, 1.807) is 6.20 Å². The Balaban J connectivity index is 1.74. The number of H-pyrrole nitrogens is 1. The number of ether oxygens (including phenoxy) is 1. The number of carbonyl (C=O) groups excluding carboxylic acids is 3. The van der Waals surface area contributed by atoms with Crippen LogP contribution in [0.5, 0.6) is 0 Å². The molecule has 7 heteroatoms. The molecular weight excluding hydrogens is 310 g/mol. The number of esters is 1. The molecule has 1 aliphatic rings. The first-order valence-electron chi connectivity index (χ1n) is 7.62. The summed E-state index contributed by atoms with van der Waals surface area (Å²) in [5.41, 5.74) is 1.47. The molecule has 0 unspecified atom stereocenters. The third-order valence-corrected chi connectivity index (χ3v) is 3.95. The quantitative estimate of drug-likeness (QED) is 0.685. The molecule has 2 aromatic rings. The summed E-state index contributed by atoms with van der Waals surface area (Å²) in [5.74, 6) is -1.12. The van der Waals surface area contributed by atoms with Gasteiger partial charge in [0.1, 0.15) is 5.71 Å². The Morgan fingerprint density at radius 2 is 2.04 bits per heavy atom. The number of nitrogens with one attached hydrogen (secondary N) is 1. The van der Waals surface area contributed by atoms with E-state index in [9.17, 15) is 14.4 Å². The Labute approximate surface area is 138 Å². The number of amides is 1. The lowest BCUT2D eigenvalue weighted by Crippen LogP contribution is -2.34. The van der Waals surface area contributed by atoms with Crippen LogP contribution in [0.15, 0.2) is 35.6 Å². The average molecular weight is 327 g/mol. The van der Waals surface area contributed by atoms with Gasteiger partial charge in [-0.1, -0.05) is 18.2 Å². The number of benzene rings is 1. The molecule has 2 heterocycles. The van der Waals surface area contributed by atoms with Gasteiger partial charge >= 0.3 is 5.97 Å². The molecule has 0 radical (unpaired) electrons. The molecule has 1 aromatic heterocycles. The number of fused-ring (bicyclic) bond motifs is 1. The molecule has 0 saturated heterocycles. The Kier molecular flexibility index (Phi) is 4.16. The standard InChI is InChI=1S/C17H17N3O4/c1-10(24-17(23)14-7-8-15(21)20(2)19-14)16(22)12-9-18-13-6-4-3-5-11(12)13/h3-6,9-10,18H,7-8H2,1-2H3/t10-/m1/s1. The highest BCUT2D eigenvalue weighted by Crippen LogP contribution is 2.20. The summed E-state index contributed by atoms with van der Waals surface area (Å²) in [6, 6.07) is 7.41. The van der Waals surface area contributed by atoms with Gasteiger partial charge < -0.3 is 9.72 Å². The van der Waals surface area contributed by atoms with Crippen LogP contribution < -0.4 is 0 Å². The Bertz CT molecular complexity index is 852. The maximum Gasteiger partial charge on any atom is 0.355 e. The predicted molar refractivity (Wildman–Crippen MR) is 87.6 cm³/mol. The molecule has 1 atom stereocenters. The van der Waals surface area contributed by atoms with Gasteiger partial charge in [-0.05, 0) is 13.0 Å². The summed E-state index contributed by atoms with van der Waals surface area (Å²) in [5, 5.41) is 5.80. The smallest absolute Gasteiger partial charge is 0.355 e. The number of nitrogens with zero attached hydrogens (tertiary/aromatic N) is 2. The van der Waals surface area contributed by atoms with Crippen LogP contribution in [0.25, 0.3) is 10.9 Å². The first kappa shape index (κ1) is 15.9. The van der Waals surface area contributed by atoms with E-state index in [1.807, 2.05) is 24.3 Å². The number of ketones is 1. The van der Waals surface area contributed by atoms with Gasteiger partial charge in [-0.2, -0.15) is 5.10 Å². The third kappa shape index (κ3) is 2.92. The van der Waals surface area contributed by atoms with Crippen molar-refractivity contribution < 1.29 is 19.1 Å². The molecule has 0 saturated carbocycles. The molecule has 1 amide bonds. The van der Waals surface area contributed by atoms with E-state index in [0.29, 0.717) is 5.56 Å². The molecule has 1 N–H and O–H groups in total. The minimum absolute atomic E-state index is 0.149. The summed E-state index contributed by atoms with van der Waals surface area (Å²) < 4.78 is 5.24. The summed E-state index contributed by atoms with van der Waals surface area (Å²) in [6.45, 7) is 1.53. The normalized spacial score (nSPS) is 16.0. The van der Waals surface area contributed by atoms with Crippen molar-refractivity contribution in [1.82, 2.24) is 9.99 Å². The van der Waals surface area contributed by atoms with E-state index in [-0.39, 0.29) is 30.2 Å². The number of hydrogen-bond acceptors (Lipinski definition) is 5. The minimum Gasteiger partial charge on any atom is -0.450 e. The second-order valence-electron chi connectivity index (χ2n) is 5.62. The fourth-order valence-corrected chi connectivity index (χ4v) is 2.59. The largest absolute Gasteiger partial charge is 0.450 e. The van der Waals surface area contributed by atoms with Gasteiger partial charge in [0.05, 0.1) is 0 Å². The van der Waals surface area contributed by atoms with Gasteiger partial charge in [0.2, 0.25) is 11.7 Å². The van der Waals surface area contributed by atoms with Crippen molar-refractivity contribution in [2.24, 2.45) is 5.10 Å². The number of rotatable bonds is 4. The molecule has 0 fully saturated rings. The number of hydrazone groups is 1. The first-order valence-corrected chi connectivity index (χ1v) is 7.62.